The molecule has 1 unspecified atom stereocenters. The van der Waals surface area contributed by atoms with E-state index in [1.807, 2.05) is 36.4 Å². The number of carbonyl (C=O) groups excluding carboxylic acids is 1. The molecule has 0 saturated carbocycles. The molecule has 1 saturated heterocycles. The summed E-state index contributed by atoms with van der Waals surface area (Å²) >= 11 is 0. The number of nitrogens with one attached hydrogen (secondary N) is 1. The van der Waals surface area contributed by atoms with Crippen molar-refractivity contribution >= 4 is 11.6 Å². The largest absolute Gasteiger partial charge is 0.371 e. The van der Waals surface area contributed by atoms with E-state index >= 15 is 0 Å². The summed E-state index contributed by atoms with van der Waals surface area (Å²) in [7, 11) is 0. The van der Waals surface area contributed by atoms with Crippen LogP contribution >= 0.6 is 0 Å². The Bertz CT molecular complexity index is 1050. The van der Waals surface area contributed by atoms with Gasteiger partial charge in [-0.3, -0.25) is 4.79 Å². The van der Waals surface area contributed by atoms with E-state index < -0.39 is 0 Å². The molecule has 1 amide bonds. The van der Waals surface area contributed by atoms with E-state index in [2.05, 4.69) is 46.6 Å². The lowest BCUT2D eigenvalue weighted by atomic mass is 9.95. The second kappa shape index (κ2) is 9.95. The van der Waals surface area contributed by atoms with E-state index in [4.69, 9.17) is 5.26 Å². The fourth-order valence-corrected chi connectivity index (χ4v) is 4.24. The molecule has 1 atom stereocenters. The molecule has 0 aromatic heterocycles. The zero-order valence-corrected chi connectivity index (χ0v) is 17.6. The molecule has 1 fully saturated rings. The summed E-state index contributed by atoms with van der Waals surface area (Å²) in [5.74, 6) is -0.0352. The van der Waals surface area contributed by atoms with Crippen molar-refractivity contribution in [3.05, 3.63) is 101 Å². The Morgan fingerprint density at radius 1 is 0.903 bits per heavy atom. The number of carbonyl (C=O) groups is 1. The van der Waals surface area contributed by atoms with Crippen LogP contribution in [0.15, 0.2) is 78.9 Å². The van der Waals surface area contributed by atoms with Gasteiger partial charge in [0.25, 0.3) is 0 Å². The van der Waals surface area contributed by atoms with E-state index in [1.165, 1.54) is 24.9 Å². The van der Waals surface area contributed by atoms with Crippen LogP contribution in [-0.2, 0) is 11.2 Å². The van der Waals surface area contributed by atoms with Gasteiger partial charge in [-0.25, -0.2) is 0 Å². The number of amides is 1. The van der Waals surface area contributed by atoms with Gasteiger partial charge in [-0.15, -0.1) is 0 Å². The van der Waals surface area contributed by atoms with Crippen molar-refractivity contribution in [1.82, 2.24) is 5.32 Å². The van der Waals surface area contributed by atoms with Gasteiger partial charge in [-0.1, -0.05) is 60.7 Å². The summed E-state index contributed by atoms with van der Waals surface area (Å²) in [4.78, 5) is 15.5. The molecule has 4 rings (SSSR count). The third kappa shape index (κ3) is 5.13. The maximum atomic E-state index is 13.0. The predicted molar refractivity (Wildman–Crippen MR) is 124 cm³/mol. The number of rotatable bonds is 6. The summed E-state index contributed by atoms with van der Waals surface area (Å²) in [6.07, 6.45) is 3.97. The van der Waals surface area contributed by atoms with Gasteiger partial charge in [0.05, 0.1) is 24.1 Å². The highest BCUT2D eigenvalue weighted by Gasteiger charge is 2.23. The molecular weight excluding hydrogens is 382 g/mol. The molecule has 156 valence electrons. The quantitative estimate of drug-likeness (QED) is 0.623. The van der Waals surface area contributed by atoms with E-state index in [0.29, 0.717) is 5.56 Å². The Morgan fingerprint density at radius 2 is 1.58 bits per heavy atom. The van der Waals surface area contributed by atoms with Gasteiger partial charge in [0, 0.05) is 24.3 Å². The molecule has 1 N–H and O–H groups in total. The van der Waals surface area contributed by atoms with Crippen molar-refractivity contribution in [2.75, 3.05) is 18.0 Å². The number of hydrogen-bond acceptors (Lipinski definition) is 3. The van der Waals surface area contributed by atoms with Crippen LogP contribution in [0.1, 0.15) is 47.6 Å². The van der Waals surface area contributed by atoms with Crippen LogP contribution < -0.4 is 10.2 Å². The maximum Gasteiger partial charge on any atom is 0.225 e. The van der Waals surface area contributed by atoms with Crippen LogP contribution in [0.25, 0.3) is 0 Å². The number of nitriles is 1. The second-order valence-electron chi connectivity index (χ2n) is 8.00. The van der Waals surface area contributed by atoms with Crippen LogP contribution in [0.5, 0.6) is 0 Å². The zero-order chi connectivity index (χ0) is 21.5. The average Bonchev–Trinajstić information content (AvgIpc) is 2.84. The fourth-order valence-electron chi connectivity index (χ4n) is 4.24. The molecule has 0 aliphatic carbocycles. The van der Waals surface area contributed by atoms with Crippen molar-refractivity contribution in [3.63, 3.8) is 0 Å². The van der Waals surface area contributed by atoms with Crippen LogP contribution in [0, 0.1) is 11.3 Å². The lowest BCUT2D eigenvalue weighted by Crippen LogP contribution is -2.34. The Morgan fingerprint density at radius 3 is 2.29 bits per heavy atom. The molecule has 3 aromatic rings. The van der Waals surface area contributed by atoms with Crippen molar-refractivity contribution in [2.24, 2.45) is 0 Å². The monoisotopic (exact) mass is 409 g/mol. The van der Waals surface area contributed by atoms with E-state index in [-0.39, 0.29) is 18.4 Å². The van der Waals surface area contributed by atoms with Crippen LogP contribution in [0.2, 0.25) is 0 Å². The van der Waals surface area contributed by atoms with E-state index in [1.54, 1.807) is 12.1 Å². The number of para-hydroxylation sites is 1. The first-order chi connectivity index (χ1) is 15.2. The SMILES string of the molecule is N#Cc1ccc(CC(=O)NC(c2ccccc2)c2ccccc2N2CCCCC2)cc1. The van der Waals surface area contributed by atoms with E-state index in [0.717, 1.165) is 29.8 Å². The predicted octanol–water partition coefficient (Wildman–Crippen LogP) is 5.00. The molecule has 0 bridgehead atoms. The van der Waals surface area contributed by atoms with Crippen molar-refractivity contribution < 1.29 is 4.79 Å². The number of benzene rings is 3. The topological polar surface area (TPSA) is 56.1 Å². The third-order valence-electron chi connectivity index (χ3n) is 5.83. The second-order valence-corrected chi connectivity index (χ2v) is 8.00. The highest BCUT2D eigenvalue weighted by molar-refractivity contribution is 5.80. The lowest BCUT2D eigenvalue weighted by molar-refractivity contribution is -0.120. The standard InChI is InChI=1S/C27H27N3O/c28-20-22-15-13-21(14-16-22)19-26(31)29-27(23-9-3-1-4-10-23)24-11-5-6-12-25(24)30-17-7-2-8-18-30/h1,3-6,9-16,27H,2,7-8,17-19H2,(H,29,31). The molecule has 1 heterocycles. The highest BCUT2D eigenvalue weighted by atomic mass is 16.1. The zero-order valence-electron chi connectivity index (χ0n) is 17.6. The van der Waals surface area contributed by atoms with Gasteiger partial charge in [0.2, 0.25) is 5.91 Å². The Labute approximate surface area is 184 Å². The van der Waals surface area contributed by atoms with Crippen LogP contribution in [0.4, 0.5) is 5.69 Å². The Hall–Kier alpha value is -3.58. The lowest BCUT2D eigenvalue weighted by Gasteiger charge is -2.33. The minimum Gasteiger partial charge on any atom is -0.371 e. The number of hydrogen-bond donors (Lipinski definition) is 1. The highest BCUT2D eigenvalue weighted by Crippen LogP contribution is 2.32. The van der Waals surface area contributed by atoms with Crippen molar-refractivity contribution in [2.45, 2.75) is 31.7 Å². The minimum atomic E-state index is -0.217. The molecule has 0 radical (unpaired) electrons. The van der Waals surface area contributed by atoms with Gasteiger partial charge < -0.3 is 10.2 Å². The molecule has 4 nitrogen and oxygen atoms in total. The maximum absolute atomic E-state index is 13.0. The number of nitrogens with zero attached hydrogens (tertiary/aromatic N) is 2. The molecular formula is C27H27N3O. The first-order valence-electron chi connectivity index (χ1n) is 10.9. The number of piperidine rings is 1. The molecule has 0 spiro atoms. The van der Waals surface area contributed by atoms with Gasteiger partial charge in [0.15, 0.2) is 0 Å². The van der Waals surface area contributed by atoms with Gasteiger partial charge >= 0.3 is 0 Å². The fraction of sp³-hybridized carbons (Fsp3) is 0.259. The molecule has 3 aromatic carbocycles. The van der Waals surface area contributed by atoms with Crippen LogP contribution in [0.3, 0.4) is 0 Å². The van der Waals surface area contributed by atoms with Gasteiger partial charge in [-0.2, -0.15) is 5.26 Å². The smallest absolute Gasteiger partial charge is 0.225 e. The Balaban J connectivity index is 1.61. The first-order valence-corrected chi connectivity index (χ1v) is 10.9. The summed E-state index contributed by atoms with van der Waals surface area (Å²) in [5.41, 5.74) is 4.90. The summed E-state index contributed by atoms with van der Waals surface area (Å²) < 4.78 is 0. The van der Waals surface area contributed by atoms with E-state index in [9.17, 15) is 4.79 Å². The minimum absolute atomic E-state index is 0.0352. The average molecular weight is 410 g/mol. The third-order valence-corrected chi connectivity index (χ3v) is 5.83. The molecule has 4 heteroatoms. The molecule has 31 heavy (non-hydrogen) atoms. The first kappa shape index (κ1) is 20.7. The van der Waals surface area contributed by atoms with Gasteiger partial charge in [-0.05, 0) is 48.6 Å². The molecule has 1 aliphatic heterocycles. The summed E-state index contributed by atoms with van der Waals surface area (Å²) in [5, 5.41) is 12.3. The normalized spacial score (nSPS) is 14.5. The molecule has 1 aliphatic rings. The van der Waals surface area contributed by atoms with Crippen LogP contribution in [-0.4, -0.2) is 19.0 Å². The number of anilines is 1. The van der Waals surface area contributed by atoms with Crippen molar-refractivity contribution in [1.29, 1.82) is 5.26 Å². The van der Waals surface area contributed by atoms with Gasteiger partial charge in [0.1, 0.15) is 0 Å². The summed E-state index contributed by atoms with van der Waals surface area (Å²) in [6, 6.07) is 27.7. The van der Waals surface area contributed by atoms with Crippen molar-refractivity contribution in [3.8, 4) is 6.07 Å². The summed E-state index contributed by atoms with van der Waals surface area (Å²) in [6.45, 7) is 2.11. The Kier molecular flexibility index (Phi) is 6.64.